The first kappa shape index (κ1) is 9.86. The number of nitrogens with zero attached hydrogens (tertiary/aromatic N) is 1. The molecule has 1 heterocycles. The molecule has 1 rings (SSSR count). The van der Waals surface area contributed by atoms with Crippen molar-refractivity contribution >= 4 is 17.7 Å². The lowest BCUT2D eigenvalue weighted by molar-refractivity contribution is -0.129. The maximum absolute atomic E-state index is 11.4. The molecule has 0 saturated carbocycles. The monoisotopic (exact) mass is 188 g/mol. The van der Waals surface area contributed by atoms with E-state index < -0.39 is 0 Å². The molecule has 3 nitrogen and oxygen atoms in total. The smallest absolute Gasteiger partial charge is 0.223 e. The lowest BCUT2D eigenvalue weighted by atomic mass is 10.3. The Hall–Kier alpha value is -0.220. The Kier molecular flexibility index (Phi) is 3.88. The molecule has 0 bridgehead atoms. The topological polar surface area (TPSA) is 46.3 Å². The number of nitrogens with two attached hydrogens (primary N) is 1. The first-order valence-electron chi connectivity index (χ1n) is 4.26. The molecule has 0 aromatic rings. The highest BCUT2D eigenvalue weighted by molar-refractivity contribution is 7.98. The third-order valence-corrected chi connectivity index (χ3v) is 2.71. The van der Waals surface area contributed by atoms with Gasteiger partial charge >= 0.3 is 0 Å². The molecule has 1 aliphatic rings. The molecule has 1 unspecified atom stereocenters. The van der Waals surface area contributed by atoms with Crippen LogP contribution >= 0.6 is 11.8 Å². The predicted octanol–water partition coefficient (Wildman–Crippen LogP) is 0.299. The van der Waals surface area contributed by atoms with Crippen LogP contribution in [0.25, 0.3) is 0 Å². The van der Waals surface area contributed by atoms with Gasteiger partial charge in [-0.25, -0.2) is 0 Å². The Morgan fingerprint density at radius 2 is 2.50 bits per heavy atom. The van der Waals surface area contributed by atoms with Crippen LogP contribution in [-0.2, 0) is 4.79 Å². The molecular weight excluding hydrogens is 172 g/mol. The second kappa shape index (κ2) is 4.72. The van der Waals surface area contributed by atoms with E-state index in [0.29, 0.717) is 6.42 Å². The van der Waals surface area contributed by atoms with Crippen molar-refractivity contribution in [2.45, 2.75) is 18.9 Å². The third-order valence-electron chi connectivity index (χ3n) is 2.10. The molecule has 1 atom stereocenters. The highest BCUT2D eigenvalue weighted by Crippen LogP contribution is 2.09. The van der Waals surface area contributed by atoms with Crippen LogP contribution < -0.4 is 5.73 Å². The van der Waals surface area contributed by atoms with Crippen LogP contribution in [0.2, 0.25) is 0 Å². The van der Waals surface area contributed by atoms with Gasteiger partial charge in [0.05, 0.1) is 0 Å². The summed E-state index contributed by atoms with van der Waals surface area (Å²) in [6, 6.07) is 0.211. The molecule has 0 aromatic carbocycles. The van der Waals surface area contributed by atoms with Gasteiger partial charge in [-0.15, -0.1) is 0 Å². The zero-order valence-corrected chi connectivity index (χ0v) is 8.27. The molecule has 12 heavy (non-hydrogen) atoms. The van der Waals surface area contributed by atoms with Crippen LogP contribution in [0, 0.1) is 0 Å². The number of hydrogen-bond acceptors (Lipinski definition) is 3. The zero-order valence-electron chi connectivity index (χ0n) is 7.45. The first-order valence-corrected chi connectivity index (χ1v) is 5.65. The van der Waals surface area contributed by atoms with E-state index in [1.54, 1.807) is 11.8 Å². The number of amides is 1. The summed E-state index contributed by atoms with van der Waals surface area (Å²) < 4.78 is 0. The van der Waals surface area contributed by atoms with E-state index in [9.17, 15) is 4.79 Å². The van der Waals surface area contributed by atoms with Crippen molar-refractivity contribution in [2.24, 2.45) is 5.73 Å². The van der Waals surface area contributed by atoms with Gasteiger partial charge in [0, 0.05) is 31.3 Å². The summed E-state index contributed by atoms with van der Waals surface area (Å²) in [5.74, 6) is 1.18. The summed E-state index contributed by atoms with van der Waals surface area (Å²) in [7, 11) is 0. The zero-order chi connectivity index (χ0) is 8.97. The quantitative estimate of drug-likeness (QED) is 0.693. The normalized spacial score (nSPS) is 23.2. The van der Waals surface area contributed by atoms with E-state index in [-0.39, 0.29) is 11.9 Å². The van der Waals surface area contributed by atoms with Crippen molar-refractivity contribution in [1.82, 2.24) is 4.90 Å². The molecule has 0 spiro atoms. The minimum absolute atomic E-state index is 0.211. The van der Waals surface area contributed by atoms with E-state index in [0.717, 1.165) is 25.3 Å². The van der Waals surface area contributed by atoms with Gasteiger partial charge in [0.2, 0.25) is 5.91 Å². The van der Waals surface area contributed by atoms with E-state index in [2.05, 4.69) is 0 Å². The van der Waals surface area contributed by atoms with Gasteiger partial charge in [-0.3, -0.25) is 4.79 Å². The van der Waals surface area contributed by atoms with Crippen LogP contribution in [-0.4, -0.2) is 41.9 Å². The fourth-order valence-electron chi connectivity index (χ4n) is 1.36. The number of thioether (sulfide) groups is 1. The minimum Gasteiger partial charge on any atom is -0.341 e. The Balaban J connectivity index is 2.23. The van der Waals surface area contributed by atoms with Gasteiger partial charge in [-0.05, 0) is 12.7 Å². The Morgan fingerprint density at radius 3 is 3.00 bits per heavy atom. The third kappa shape index (κ3) is 2.68. The van der Waals surface area contributed by atoms with Gasteiger partial charge in [0.15, 0.2) is 0 Å². The summed E-state index contributed by atoms with van der Waals surface area (Å²) in [6.45, 7) is 1.61. The van der Waals surface area contributed by atoms with Crippen LogP contribution in [0.1, 0.15) is 12.8 Å². The summed E-state index contributed by atoms with van der Waals surface area (Å²) in [5, 5.41) is 0. The molecule has 4 heteroatoms. The fourth-order valence-corrected chi connectivity index (χ4v) is 1.74. The Labute approximate surface area is 77.7 Å². The van der Waals surface area contributed by atoms with Crippen LogP contribution in [0.5, 0.6) is 0 Å². The molecule has 2 N–H and O–H groups in total. The number of likely N-dealkylation sites (tertiary alicyclic amines) is 1. The van der Waals surface area contributed by atoms with Gasteiger partial charge in [0.25, 0.3) is 0 Å². The average Bonchev–Trinajstić information content (AvgIpc) is 2.47. The highest BCUT2D eigenvalue weighted by atomic mass is 32.2. The molecule has 0 radical (unpaired) electrons. The number of hydrogen-bond donors (Lipinski definition) is 1. The molecule has 1 amide bonds. The lowest BCUT2D eigenvalue weighted by Gasteiger charge is -2.14. The summed E-state index contributed by atoms with van der Waals surface area (Å²) in [6.07, 6.45) is 3.64. The van der Waals surface area contributed by atoms with Gasteiger partial charge in [-0.1, -0.05) is 0 Å². The maximum atomic E-state index is 11.4. The molecule has 1 fully saturated rings. The van der Waals surface area contributed by atoms with E-state index >= 15 is 0 Å². The van der Waals surface area contributed by atoms with Crippen molar-refractivity contribution < 1.29 is 4.79 Å². The van der Waals surface area contributed by atoms with E-state index in [1.165, 1.54) is 0 Å². The van der Waals surface area contributed by atoms with Crippen molar-refractivity contribution in [3.05, 3.63) is 0 Å². The largest absolute Gasteiger partial charge is 0.341 e. The number of rotatable bonds is 3. The number of carbonyl (C=O) groups is 1. The standard InChI is InChI=1S/C8H16N2OS/c1-12-5-3-8(11)10-4-2-7(9)6-10/h7H,2-6,9H2,1H3. The van der Waals surface area contributed by atoms with Crippen molar-refractivity contribution in [3.63, 3.8) is 0 Å². The predicted molar refractivity (Wildman–Crippen MR) is 52.2 cm³/mol. The second-order valence-electron chi connectivity index (χ2n) is 3.13. The molecule has 0 aromatic heterocycles. The first-order chi connectivity index (χ1) is 5.74. The van der Waals surface area contributed by atoms with Crippen LogP contribution in [0.4, 0.5) is 0 Å². The average molecular weight is 188 g/mol. The summed E-state index contributed by atoms with van der Waals surface area (Å²) in [4.78, 5) is 13.3. The number of carbonyl (C=O) groups excluding carboxylic acids is 1. The van der Waals surface area contributed by atoms with Gasteiger partial charge in [-0.2, -0.15) is 11.8 Å². The van der Waals surface area contributed by atoms with Crippen molar-refractivity contribution in [2.75, 3.05) is 25.1 Å². The van der Waals surface area contributed by atoms with Gasteiger partial charge in [0.1, 0.15) is 0 Å². The molecule has 1 saturated heterocycles. The minimum atomic E-state index is 0.211. The Bertz CT molecular complexity index is 163. The van der Waals surface area contributed by atoms with Crippen LogP contribution in [0.15, 0.2) is 0 Å². The second-order valence-corrected chi connectivity index (χ2v) is 4.12. The van der Waals surface area contributed by atoms with Crippen molar-refractivity contribution in [1.29, 1.82) is 0 Å². The molecule has 1 aliphatic heterocycles. The molecule has 70 valence electrons. The molecular formula is C8H16N2OS. The molecule has 0 aliphatic carbocycles. The SMILES string of the molecule is CSCCC(=O)N1CCC(N)C1. The summed E-state index contributed by atoms with van der Waals surface area (Å²) >= 11 is 1.71. The van der Waals surface area contributed by atoms with Crippen LogP contribution in [0.3, 0.4) is 0 Å². The Morgan fingerprint density at radius 1 is 1.75 bits per heavy atom. The lowest BCUT2D eigenvalue weighted by Crippen LogP contribution is -2.31. The fraction of sp³-hybridized carbons (Fsp3) is 0.875. The van der Waals surface area contributed by atoms with E-state index in [1.807, 2.05) is 11.2 Å². The van der Waals surface area contributed by atoms with Gasteiger partial charge < -0.3 is 10.6 Å². The summed E-state index contributed by atoms with van der Waals surface area (Å²) in [5.41, 5.74) is 5.69. The van der Waals surface area contributed by atoms with Crippen molar-refractivity contribution in [3.8, 4) is 0 Å². The highest BCUT2D eigenvalue weighted by Gasteiger charge is 2.22. The maximum Gasteiger partial charge on any atom is 0.223 e. The van der Waals surface area contributed by atoms with E-state index in [4.69, 9.17) is 5.73 Å².